The van der Waals surface area contributed by atoms with Crippen LogP contribution >= 0.6 is 0 Å². The molecular formula is C26H16O3+2. The monoisotopic (exact) mass is 376 g/mol. The Kier molecular flexibility index (Phi) is 3.47. The SMILES string of the molecule is c1ccc2c(Oc3c4ccccc4[o+]c4ccccc34)c3ccccc3[o+]c2c1. The molecule has 136 valence electrons. The van der Waals surface area contributed by atoms with Gasteiger partial charge in [0.05, 0.1) is 0 Å². The van der Waals surface area contributed by atoms with Gasteiger partial charge in [-0.25, -0.2) is 8.83 Å². The number of rotatable bonds is 2. The highest BCUT2D eigenvalue weighted by Gasteiger charge is 2.24. The summed E-state index contributed by atoms with van der Waals surface area (Å²) in [7, 11) is 0. The molecule has 0 bridgehead atoms. The van der Waals surface area contributed by atoms with Crippen LogP contribution in [0.5, 0.6) is 11.5 Å². The Balaban J connectivity index is 1.73. The van der Waals surface area contributed by atoms with Crippen molar-refractivity contribution in [3.8, 4) is 11.5 Å². The van der Waals surface area contributed by atoms with Gasteiger partial charge in [-0.1, -0.05) is 48.5 Å². The Bertz CT molecular complexity index is 1310. The number of fused-ring (bicyclic) bond motifs is 4. The summed E-state index contributed by atoms with van der Waals surface area (Å²) >= 11 is 0. The molecular weight excluding hydrogens is 360 g/mol. The summed E-state index contributed by atoms with van der Waals surface area (Å²) < 4.78 is 18.9. The zero-order valence-electron chi connectivity index (χ0n) is 15.5. The molecule has 6 aromatic rings. The highest BCUT2D eigenvalue weighted by atomic mass is 16.5. The highest BCUT2D eigenvalue weighted by molar-refractivity contribution is 6.02. The van der Waals surface area contributed by atoms with E-state index in [1.54, 1.807) is 0 Å². The van der Waals surface area contributed by atoms with E-state index < -0.39 is 0 Å². The Labute approximate surface area is 166 Å². The minimum atomic E-state index is 0.781. The third-order valence-electron chi connectivity index (χ3n) is 5.17. The quantitative estimate of drug-likeness (QED) is 0.228. The first kappa shape index (κ1) is 16.0. The standard InChI is InChI=1S/C26H16O3/c1-5-13-21-17(9-1)25(18-10-2-6-14-22(18)27-21)29-26-19-11-3-7-15-23(19)28-24-16-8-4-12-20(24)26/h1-16H/q+2. The van der Waals surface area contributed by atoms with Crippen molar-refractivity contribution in [2.24, 2.45) is 0 Å². The topological polar surface area (TPSA) is 31.8 Å². The summed E-state index contributed by atoms with van der Waals surface area (Å²) in [6, 6.07) is 31.8. The fourth-order valence-corrected chi connectivity index (χ4v) is 3.82. The van der Waals surface area contributed by atoms with Gasteiger partial charge in [-0.15, -0.1) is 0 Å². The van der Waals surface area contributed by atoms with Crippen LogP contribution in [0.25, 0.3) is 43.9 Å². The normalized spacial score (nSPS) is 11.4. The maximum atomic E-state index is 6.71. The lowest BCUT2D eigenvalue weighted by Gasteiger charge is -2.09. The van der Waals surface area contributed by atoms with E-state index in [4.69, 9.17) is 13.6 Å². The minimum absolute atomic E-state index is 0.781. The predicted molar refractivity (Wildman–Crippen MR) is 116 cm³/mol. The molecule has 0 aliphatic carbocycles. The van der Waals surface area contributed by atoms with Crippen LogP contribution in [0, 0.1) is 0 Å². The van der Waals surface area contributed by atoms with E-state index in [2.05, 4.69) is 0 Å². The van der Waals surface area contributed by atoms with E-state index in [0.717, 1.165) is 55.4 Å². The van der Waals surface area contributed by atoms with Crippen molar-refractivity contribution < 1.29 is 13.6 Å². The second-order valence-corrected chi connectivity index (χ2v) is 6.95. The van der Waals surface area contributed by atoms with Crippen LogP contribution in [0.1, 0.15) is 0 Å². The van der Waals surface area contributed by atoms with Crippen molar-refractivity contribution in [2.45, 2.75) is 0 Å². The van der Waals surface area contributed by atoms with Crippen molar-refractivity contribution in [3.05, 3.63) is 97.1 Å². The summed E-state index contributed by atoms with van der Waals surface area (Å²) in [6.45, 7) is 0. The molecule has 3 heteroatoms. The number of benzene rings is 4. The molecule has 0 unspecified atom stereocenters. The van der Waals surface area contributed by atoms with Gasteiger partial charge in [0.25, 0.3) is 0 Å². The van der Waals surface area contributed by atoms with Gasteiger partial charge in [0.1, 0.15) is 21.5 Å². The van der Waals surface area contributed by atoms with Gasteiger partial charge in [-0.05, 0) is 24.3 Å². The highest BCUT2D eigenvalue weighted by Crippen LogP contribution is 2.42. The Morgan fingerprint density at radius 3 is 0.966 bits per heavy atom. The van der Waals surface area contributed by atoms with Crippen LogP contribution < -0.4 is 4.74 Å². The van der Waals surface area contributed by atoms with Gasteiger partial charge in [-0.3, -0.25) is 0 Å². The van der Waals surface area contributed by atoms with Crippen LogP contribution in [0.15, 0.2) is 106 Å². The zero-order valence-corrected chi connectivity index (χ0v) is 15.5. The van der Waals surface area contributed by atoms with Crippen molar-refractivity contribution >= 4 is 43.9 Å². The molecule has 0 N–H and O–H groups in total. The average molecular weight is 376 g/mol. The van der Waals surface area contributed by atoms with Crippen molar-refractivity contribution in [2.75, 3.05) is 0 Å². The minimum Gasteiger partial charge on any atom is -0.453 e. The molecule has 0 fully saturated rings. The molecule has 0 atom stereocenters. The van der Waals surface area contributed by atoms with E-state index in [9.17, 15) is 0 Å². The molecule has 0 radical (unpaired) electrons. The van der Waals surface area contributed by atoms with Gasteiger partial charge >= 0.3 is 22.3 Å². The smallest absolute Gasteiger partial charge is 0.364 e. The molecule has 2 aromatic heterocycles. The third kappa shape index (κ3) is 2.52. The Hall–Kier alpha value is -3.98. The molecule has 3 nitrogen and oxygen atoms in total. The summed E-state index contributed by atoms with van der Waals surface area (Å²) in [5.74, 6) is 1.56. The third-order valence-corrected chi connectivity index (χ3v) is 5.17. The molecule has 6 rings (SSSR count). The van der Waals surface area contributed by atoms with Gasteiger partial charge in [0.2, 0.25) is 0 Å². The van der Waals surface area contributed by atoms with Crippen LogP contribution in [0.3, 0.4) is 0 Å². The first-order valence-corrected chi connectivity index (χ1v) is 9.53. The lowest BCUT2D eigenvalue weighted by Crippen LogP contribution is -1.91. The first-order valence-electron chi connectivity index (χ1n) is 9.53. The summed E-state index contributed by atoms with van der Waals surface area (Å²) in [5, 5.41) is 3.72. The fraction of sp³-hybridized carbons (Fsp3) is 0. The summed E-state index contributed by atoms with van der Waals surface area (Å²) in [4.78, 5) is 0. The summed E-state index contributed by atoms with van der Waals surface area (Å²) in [6.07, 6.45) is 0. The lowest BCUT2D eigenvalue weighted by atomic mass is 10.1. The first-order chi connectivity index (χ1) is 14.4. The van der Waals surface area contributed by atoms with Gasteiger partial charge in [0.15, 0.2) is 11.5 Å². The molecule has 0 aliphatic rings. The predicted octanol–water partition coefficient (Wildman–Crippen LogP) is 7.84. The maximum absolute atomic E-state index is 6.71. The molecule has 2 heterocycles. The van der Waals surface area contributed by atoms with Gasteiger partial charge in [-0.2, -0.15) is 0 Å². The largest absolute Gasteiger partial charge is 0.453 e. The Morgan fingerprint density at radius 1 is 0.379 bits per heavy atom. The van der Waals surface area contributed by atoms with Gasteiger partial charge < -0.3 is 4.74 Å². The second kappa shape index (κ2) is 6.28. The zero-order chi connectivity index (χ0) is 19.2. The molecule has 0 spiro atoms. The molecule has 0 aliphatic heterocycles. The van der Waals surface area contributed by atoms with E-state index in [0.29, 0.717) is 0 Å². The van der Waals surface area contributed by atoms with Crippen LogP contribution in [0.4, 0.5) is 0 Å². The number of hydrogen-bond donors (Lipinski definition) is 0. The molecule has 0 amide bonds. The second-order valence-electron chi connectivity index (χ2n) is 6.95. The number of ether oxygens (including phenoxy) is 1. The van der Waals surface area contributed by atoms with E-state index in [1.807, 2.05) is 97.1 Å². The van der Waals surface area contributed by atoms with Gasteiger partial charge in [0, 0.05) is 24.3 Å². The van der Waals surface area contributed by atoms with E-state index in [-0.39, 0.29) is 0 Å². The van der Waals surface area contributed by atoms with Crippen molar-refractivity contribution in [3.63, 3.8) is 0 Å². The lowest BCUT2D eigenvalue weighted by molar-refractivity contribution is 0.498. The number of para-hydroxylation sites is 4. The van der Waals surface area contributed by atoms with E-state index in [1.165, 1.54) is 0 Å². The van der Waals surface area contributed by atoms with Crippen molar-refractivity contribution in [1.82, 2.24) is 0 Å². The van der Waals surface area contributed by atoms with E-state index >= 15 is 0 Å². The number of hydrogen-bond acceptors (Lipinski definition) is 1. The van der Waals surface area contributed by atoms with Crippen LogP contribution in [0.2, 0.25) is 0 Å². The molecule has 0 saturated heterocycles. The average Bonchev–Trinajstić information content (AvgIpc) is 2.78. The maximum Gasteiger partial charge on any atom is 0.364 e. The van der Waals surface area contributed by atoms with Crippen LogP contribution in [-0.2, 0) is 0 Å². The fourth-order valence-electron chi connectivity index (χ4n) is 3.82. The van der Waals surface area contributed by atoms with Crippen molar-refractivity contribution in [1.29, 1.82) is 0 Å². The molecule has 4 aromatic carbocycles. The molecule has 29 heavy (non-hydrogen) atoms. The summed E-state index contributed by atoms with van der Waals surface area (Å²) in [5.41, 5.74) is 3.15. The molecule has 0 saturated carbocycles. The Morgan fingerprint density at radius 2 is 0.655 bits per heavy atom. The van der Waals surface area contributed by atoms with Crippen LogP contribution in [-0.4, -0.2) is 0 Å².